The van der Waals surface area contributed by atoms with Crippen LogP contribution < -0.4 is 10.1 Å². The Kier molecular flexibility index (Phi) is 7.79. The average Bonchev–Trinajstić information content (AvgIpc) is 2.36. The van der Waals surface area contributed by atoms with Crippen LogP contribution in [0.4, 0.5) is 0 Å². The predicted octanol–water partition coefficient (Wildman–Crippen LogP) is 2.79. The number of alkyl halides is 1. The van der Waals surface area contributed by atoms with E-state index in [1.807, 2.05) is 30.3 Å². The van der Waals surface area contributed by atoms with Gasteiger partial charge in [0.15, 0.2) is 0 Å². The minimum absolute atomic E-state index is 0.0642. The van der Waals surface area contributed by atoms with Crippen molar-refractivity contribution < 1.29 is 9.53 Å². The van der Waals surface area contributed by atoms with Crippen LogP contribution in [0.1, 0.15) is 19.3 Å². The highest BCUT2D eigenvalue weighted by atomic mass is 127. The molecule has 0 aromatic heterocycles. The average molecular weight is 347 g/mol. The zero-order chi connectivity index (χ0) is 12.3. The molecule has 0 atom stereocenters. The molecule has 0 bridgehead atoms. The summed E-state index contributed by atoms with van der Waals surface area (Å²) in [7, 11) is 0. The van der Waals surface area contributed by atoms with Gasteiger partial charge in [0.25, 0.3) is 0 Å². The van der Waals surface area contributed by atoms with E-state index in [0.717, 1.165) is 29.6 Å². The fraction of sp³-hybridized carbons (Fsp3) is 0.462. The Balaban J connectivity index is 2.04. The topological polar surface area (TPSA) is 38.3 Å². The summed E-state index contributed by atoms with van der Waals surface area (Å²) < 4.78 is 6.59. The molecule has 1 aromatic rings. The molecular weight excluding hydrogens is 329 g/mol. The predicted molar refractivity (Wildman–Crippen MR) is 77.7 cm³/mol. The first-order chi connectivity index (χ1) is 8.33. The van der Waals surface area contributed by atoms with Crippen molar-refractivity contribution in [1.82, 2.24) is 5.32 Å². The Morgan fingerprint density at radius 1 is 1.24 bits per heavy atom. The van der Waals surface area contributed by atoms with Crippen LogP contribution in [0.25, 0.3) is 0 Å². The molecule has 0 unspecified atom stereocenters. The van der Waals surface area contributed by atoms with E-state index in [1.165, 1.54) is 0 Å². The van der Waals surface area contributed by atoms with Crippen LogP contribution >= 0.6 is 22.6 Å². The van der Waals surface area contributed by atoms with Gasteiger partial charge in [-0.15, -0.1) is 0 Å². The van der Waals surface area contributed by atoms with Crippen LogP contribution in [-0.2, 0) is 4.79 Å². The molecular formula is C13H18INO2. The van der Waals surface area contributed by atoms with Crippen molar-refractivity contribution in [1.29, 1.82) is 0 Å². The molecule has 0 fully saturated rings. The second kappa shape index (κ2) is 9.27. The molecule has 94 valence electrons. The van der Waals surface area contributed by atoms with Crippen LogP contribution in [0.5, 0.6) is 5.75 Å². The fourth-order valence-electron chi connectivity index (χ4n) is 1.31. The van der Waals surface area contributed by atoms with Gasteiger partial charge in [-0.3, -0.25) is 4.79 Å². The number of carbonyl (C=O) groups excluding carboxylic acids is 1. The van der Waals surface area contributed by atoms with Crippen molar-refractivity contribution in [2.75, 3.05) is 17.6 Å². The molecule has 1 N–H and O–H groups in total. The Labute approximate surface area is 116 Å². The summed E-state index contributed by atoms with van der Waals surface area (Å²) in [5, 5.41) is 2.88. The van der Waals surface area contributed by atoms with E-state index in [4.69, 9.17) is 4.74 Å². The van der Waals surface area contributed by atoms with Crippen molar-refractivity contribution in [3.63, 3.8) is 0 Å². The largest absolute Gasteiger partial charge is 0.493 e. The van der Waals surface area contributed by atoms with E-state index in [2.05, 4.69) is 27.9 Å². The van der Waals surface area contributed by atoms with Gasteiger partial charge in [-0.1, -0.05) is 40.8 Å². The number of carbonyl (C=O) groups is 1. The summed E-state index contributed by atoms with van der Waals surface area (Å²) >= 11 is 2.34. The fourth-order valence-corrected chi connectivity index (χ4v) is 1.85. The number of rotatable bonds is 8. The van der Waals surface area contributed by atoms with Gasteiger partial charge in [0.1, 0.15) is 5.75 Å². The van der Waals surface area contributed by atoms with Gasteiger partial charge < -0.3 is 10.1 Å². The maximum atomic E-state index is 11.4. The van der Waals surface area contributed by atoms with Crippen molar-refractivity contribution in [2.45, 2.75) is 19.3 Å². The highest BCUT2D eigenvalue weighted by molar-refractivity contribution is 14.1. The first-order valence-corrected chi connectivity index (χ1v) is 7.36. The number of ether oxygens (including phenoxy) is 1. The summed E-state index contributed by atoms with van der Waals surface area (Å²) in [6, 6.07) is 9.54. The molecule has 0 saturated heterocycles. The number of amides is 1. The van der Waals surface area contributed by atoms with E-state index in [9.17, 15) is 4.79 Å². The lowest BCUT2D eigenvalue weighted by atomic mass is 10.3. The SMILES string of the molecule is O=C(CCOc1ccccc1)NCCCCI. The molecule has 4 heteroatoms. The van der Waals surface area contributed by atoms with E-state index in [-0.39, 0.29) is 5.91 Å². The Bertz CT molecular complexity index is 316. The third-order valence-electron chi connectivity index (χ3n) is 2.22. The highest BCUT2D eigenvalue weighted by Crippen LogP contribution is 2.08. The van der Waals surface area contributed by atoms with Gasteiger partial charge in [0.05, 0.1) is 13.0 Å². The summed E-state index contributed by atoms with van der Waals surface area (Å²) in [5.74, 6) is 0.875. The monoisotopic (exact) mass is 347 g/mol. The molecule has 0 aliphatic carbocycles. The second-order valence-electron chi connectivity index (χ2n) is 3.66. The Morgan fingerprint density at radius 3 is 2.71 bits per heavy atom. The molecule has 17 heavy (non-hydrogen) atoms. The van der Waals surface area contributed by atoms with E-state index >= 15 is 0 Å². The van der Waals surface area contributed by atoms with Crippen LogP contribution in [0, 0.1) is 0 Å². The van der Waals surface area contributed by atoms with Gasteiger partial charge in [-0.05, 0) is 29.4 Å². The second-order valence-corrected chi connectivity index (χ2v) is 4.74. The molecule has 1 rings (SSSR count). The van der Waals surface area contributed by atoms with Crippen molar-refractivity contribution >= 4 is 28.5 Å². The number of hydrogen-bond donors (Lipinski definition) is 1. The molecule has 0 spiro atoms. The molecule has 0 saturated carbocycles. The van der Waals surface area contributed by atoms with Crippen molar-refractivity contribution in [3.05, 3.63) is 30.3 Å². The third kappa shape index (κ3) is 7.20. The van der Waals surface area contributed by atoms with Crippen LogP contribution in [0.15, 0.2) is 30.3 Å². The minimum Gasteiger partial charge on any atom is -0.493 e. The van der Waals surface area contributed by atoms with Crippen LogP contribution in [-0.4, -0.2) is 23.5 Å². The maximum absolute atomic E-state index is 11.4. The molecule has 0 aliphatic heterocycles. The summed E-state index contributed by atoms with van der Waals surface area (Å²) in [6.45, 7) is 1.20. The lowest BCUT2D eigenvalue weighted by Gasteiger charge is -2.06. The zero-order valence-electron chi connectivity index (χ0n) is 9.82. The number of hydrogen-bond acceptors (Lipinski definition) is 2. The van der Waals surface area contributed by atoms with Crippen LogP contribution in [0.2, 0.25) is 0 Å². The molecule has 1 amide bonds. The Hall–Kier alpha value is -0.780. The van der Waals surface area contributed by atoms with E-state index in [1.54, 1.807) is 0 Å². The van der Waals surface area contributed by atoms with Gasteiger partial charge in [0, 0.05) is 6.54 Å². The van der Waals surface area contributed by atoms with Crippen molar-refractivity contribution in [2.24, 2.45) is 0 Å². The zero-order valence-corrected chi connectivity index (χ0v) is 12.0. The normalized spacial score (nSPS) is 9.94. The molecule has 1 aromatic carbocycles. The highest BCUT2D eigenvalue weighted by Gasteiger charge is 2.00. The van der Waals surface area contributed by atoms with Crippen molar-refractivity contribution in [3.8, 4) is 5.75 Å². The molecule has 0 radical (unpaired) electrons. The molecule has 0 aliphatic rings. The van der Waals surface area contributed by atoms with Gasteiger partial charge >= 0.3 is 0 Å². The summed E-state index contributed by atoms with van der Waals surface area (Å²) in [4.78, 5) is 11.4. The lowest BCUT2D eigenvalue weighted by molar-refractivity contribution is -0.121. The number of para-hydroxylation sites is 1. The summed E-state index contributed by atoms with van der Waals surface area (Å²) in [5.41, 5.74) is 0. The molecule has 0 heterocycles. The van der Waals surface area contributed by atoms with Gasteiger partial charge in [0.2, 0.25) is 5.91 Å². The lowest BCUT2D eigenvalue weighted by Crippen LogP contribution is -2.25. The van der Waals surface area contributed by atoms with Crippen LogP contribution in [0.3, 0.4) is 0 Å². The van der Waals surface area contributed by atoms with E-state index in [0.29, 0.717) is 13.0 Å². The Morgan fingerprint density at radius 2 is 2.00 bits per heavy atom. The first kappa shape index (κ1) is 14.3. The van der Waals surface area contributed by atoms with Gasteiger partial charge in [-0.25, -0.2) is 0 Å². The first-order valence-electron chi connectivity index (χ1n) is 5.83. The minimum atomic E-state index is 0.0642. The standard InChI is InChI=1S/C13H18INO2/c14-9-4-5-10-15-13(16)8-11-17-12-6-2-1-3-7-12/h1-3,6-7H,4-5,8-11H2,(H,15,16). The summed E-state index contributed by atoms with van der Waals surface area (Å²) in [6.07, 6.45) is 2.62. The molecule has 3 nitrogen and oxygen atoms in total. The number of unbranched alkanes of at least 4 members (excludes halogenated alkanes) is 1. The number of halogens is 1. The smallest absolute Gasteiger partial charge is 0.223 e. The number of nitrogens with one attached hydrogen (secondary N) is 1. The quantitative estimate of drug-likeness (QED) is 0.446. The van der Waals surface area contributed by atoms with E-state index < -0.39 is 0 Å². The third-order valence-corrected chi connectivity index (χ3v) is 2.99. The van der Waals surface area contributed by atoms with Gasteiger partial charge in [-0.2, -0.15) is 0 Å². The maximum Gasteiger partial charge on any atom is 0.223 e. The number of benzene rings is 1.